The molecule has 0 spiro atoms. The number of alkyl halides is 3. The highest BCUT2D eigenvalue weighted by atomic mass is 32.2. The minimum absolute atomic E-state index is 0.0905. The predicted octanol–water partition coefficient (Wildman–Crippen LogP) is -0.336. The van der Waals surface area contributed by atoms with Crippen LogP contribution in [0.3, 0.4) is 0 Å². The fourth-order valence-electron chi connectivity index (χ4n) is 1.71. The zero-order valence-corrected chi connectivity index (χ0v) is 9.31. The van der Waals surface area contributed by atoms with Crippen LogP contribution in [0.1, 0.15) is 6.42 Å². The van der Waals surface area contributed by atoms with Gasteiger partial charge in [-0.1, -0.05) is 0 Å². The third kappa shape index (κ3) is 5.64. The summed E-state index contributed by atoms with van der Waals surface area (Å²) in [6.45, 7) is -0.287. The third-order valence-electron chi connectivity index (χ3n) is 2.35. The maximum atomic E-state index is 12.0. The number of rotatable bonds is 4. The monoisotopic (exact) mass is 261 g/mol. The van der Waals surface area contributed by atoms with Gasteiger partial charge in [0.05, 0.1) is 6.54 Å². The van der Waals surface area contributed by atoms with Crippen LogP contribution in [0.25, 0.3) is 0 Å². The van der Waals surface area contributed by atoms with Crippen LogP contribution in [0.5, 0.6) is 0 Å². The molecule has 0 saturated carbocycles. The highest BCUT2D eigenvalue weighted by Crippen LogP contribution is 2.22. The Bertz CT molecular complexity index is 330. The van der Waals surface area contributed by atoms with Crippen LogP contribution in [0.4, 0.5) is 13.2 Å². The molecule has 0 aliphatic carbocycles. The normalized spacial score (nSPS) is 23.9. The standard InChI is InChI=1S/C7H14F3N3O2S/c8-7(9,10)5-13-2-1-6(4-13)3-12-16(11,14)15/h6,12H,1-5H2,(H2,11,14,15). The Labute approximate surface area is 92.0 Å². The molecule has 0 aromatic heterocycles. The van der Waals surface area contributed by atoms with Gasteiger partial charge in [-0.15, -0.1) is 0 Å². The average Bonchev–Trinajstić information content (AvgIpc) is 2.44. The summed E-state index contributed by atoms with van der Waals surface area (Å²) < 4.78 is 59.3. The molecular weight excluding hydrogens is 247 g/mol. The SMILES string of the molecule is NS(=O)(=O)NCC1CCN(CC(F)(F)F)C1. The molecule has 9 heteroatoms. The van der Waals surface area contributed by atoms with Crippen molar-refractivity contribution in [1.29, 1.82) is 0 Å². The first-order valence-corrected chi connectivity index (χ1v) is 6.27. The summed E-state index contributed by atoms with van der Waals surface area (Å²) >= 11 is 0. The lowest BCUT2D eigenvalue weighted by Crippen LogP contribution is -2.37. The van der Waals surface area contributed by atoms with Crippen molar-refractivity contribution in [2.45, 2.75) is 12.6 Å². The van der Waals surface area contributed by atoms with Crippen molar-refractivity contribution in [3.05, 3.63) is 0 Å². The molecule has 5 nitrogen and oxygen atoms in total. The number of hydrogen-bond acceptors (Lipinski definition) is 3. The molecule has 1 unspecified atom stereocenters. The van der Waals surface area contributed by atoms with E-state index in [2.05, 4.69) is 4.72 Å². The molecule has 1 aliphatic rings. The van der Waals surface area contributed by atoms with Gasteiger partial charge in [0.2, 0.25) is 0 Å². The lowest BCUT2D eigenvalue weighted by molar-refractivity contribution is -0.143. The molecule has 96 valence electrons. The molecule has 3 N–H and O–H groups in total. The van der Waals surface area contributed by atoms with E-state index in [1.54, 1.807) is 0 Å². The summed E-state index contributed by atoms with van der Waals surface area (Å²) in [5.74, 6) is -0.110. The summed E-state index contributed by atoms with van der Waals surface area (Å²) in [4.78, 5) is 1.26. The van der Waals surface area contributed by atoms with E-state index < -0.39 is 22.9 Å². The van der Waals surface area contributed by atoms with Crippen molar-refractivity contribution in [3.63, 3.8) is 0 Å². The van der Waals surface area contributed by atoms with E-state index in [0.717, 1.165) is 0 Å². The van der Waals surface area contributed by atoms with Gasteiger partial charge in [0.1, 0.15) is 0 Å². The molecular formula is C7H14F3N3O2S. The second-order valence-electron chi connectivity index (χ2n) is 3.90. The van der Waals surface area contributed by atoms with Crippen molar-refractivity contribution in [2.24, 2.45) is 11.1 Å². The Morgan fingerprint density at radius 3 is 2.56 bits per heavy atom. The Balaban J connectivity index is 2.30. The Kier molecular flexibility index (Phi) is 4.16. The molecule has 1 heterocycles. The Morgan fingerprint density at radius 2 is 2.06 bits per heavy atom. The number of nitrogens with zero attached hydrogens (tertiary/aromatic N) is 1. The van der Waals surface area contributed by atoms with E-state index in [9.17, 15) is 21.6 Å². The van der Waals surface area contributed by atoms with Crippen LogP contribution in [-0.2, 0) is 10.2 Å². The van der Waals surface area contributed by atoms with Gasteiger partial charge >= 0.3 is 6.18 Å². The van der Waals surface area contributed by atoms with E-state index in [-0.39, 0.29) is 19.0 Å². The van der Waals surface area contributed by atoms with Gasteiger partial charge in [0.25, 0.3) is 10.2 Å². The maximum Gasteiger partial charge on any atom is 0.401 e. The zero-order chi connectivity index (χ0) is 12.4. The fourth-order valence-corrected chi connectivity index (χ4v) is 2.18. The van der Waals surface area contributed by atoms with E-state index in [1.165, 1.54) is 4.90 Å². The highest BCUT2D eigenvalue weighted by molar-refractivity contribution is 7.87. The molecule has 1 rings (SSSR count). The predicted molar refractivity (Wildman–Crippen MR) is 51.7 cm³/mol. The molecule has 1 fully saturated rings. The van der Waals surface area contributed by atoms with Crippen LogP contribution in [0.2, 0.25) is 0 Å². The number of hydrogen-bond donors (Lipinski definition) is 2. The van der Waals surface area contributed by atoms with E-state index >= 15 is 0 Å². The van der Waals surface area contributed by atoms with Crippen molar-refractivity contribution < 1.29 is 21.6 Å². The van der Waals surface area contributed by atoms with Gasteiger partial charge < -0.3 is 0 Å². The quantitative estimate of drug-likeness (QED) is 0.727. The highest BCUT2D eigenvalue weighted by Gasteiger charge is 2.34. The molecule has 0 aromatic carbocycles. The van der Waals surface area contributed by atoms with Crippen molar-refractivity contribution in [3.8, 4) is 0 Å². The van der Waals surface area contributed by atoms with Crippen molar-refractivity contribution in [1.82, 2.24) is 9.62 Å². The Hall–Kier alpha value is -0.380. The largest absolute Gasteiger partial charge is 0.401 e. The average molecular weight is 261 g/mol. The Morgan fingerprint density at radius 1 is 1.44 bits per heavy atom. The van der Waals surface area contributed by atoms with Gasteiger partial charge in [-0.2, -0.15) is 21.6 Å². The minimum Gasteiger partial charge on any atom is -0.295 e. The summed E-state index contributed by atoms with van der Waals surface area (Å²) in [6, 6.07) is 0. The number of nitrogens with two attached hydrogens (primary N) is 1. The molecule has 0 radical (unpaired) electrons. The van der Waals surface area contributed by atoms with Crippen molar-refractivity contribution in [2.75, 3.05) is 26.2 Å². The van der Waals surface area contributed by atoms with E-state index in [4.69, 9.17) is 5.14 Å². The molecule has 1 saturated heterocycles. The molecule has 0 aromatic rings. The first-order chi connectivity index (χ1) is 7.16. The smallest absolute Gasteiger partial charge is 0.295 e. The summed E-state index contributed by atoms with van der Waals surface area (Å²) in [6.07, 6.45) is -3.67. The lowest BCUT2D eigenvalue weighted by atomic mass is 10.1. The van der Waals surface area contributed by atoms with Gasteiger partial charge in [-0.05, 0) is 18.9 Å². The van der Waals surface area contributed by atoms with Gasteiger partial charge in [-0.25, -0.2) is 9.86 Å². The molecule has 0 amide bonds. The van der Waals surface area contributed by atoms with Gasteiger partial charge in [0.15, 0.2) is 0 Å². The van der Waals surface area contributed by atoms with Crippen LogP contribution in [0.15, 0.2) is 0 Å². The summed E-state index contributed by atoms with van der Waals surface area (Å²) in [5, 5.41) is 4.72. The topological polar surface area (TPSA) is 75.4 Å². The van der Waals surface area contributed by atoms with Crippen molar-refractivity contribution >= 4 is 10.2 Å². The van der Waals surface area contributed by atoms with E-state index in [1.807, 2.05) is 0 Å². The maximum absolute atomic E-state index is 12.0. The first-order valence-electron chi connectivity index (χ1n) is 4.72. The molecule has 0 bridgehead atoms. The first kappa shape index (κ1) is 13.7. The molecule has 16 heavy (non-hydrogen) atoms. The van der Waals surface area contributed by atoms with Gasteiger partial charge in [0, 0.05) is 13.1 Å². The summed E-state index contributed by atoms with van der Waals surface area (Å²) in [7, 11) is -3.75. The van der Waals surface area contributed by atoms with Crippen LogP contribution < -0.4 is 9.86 Å². The van der Waals surface area contributed by atoms with Gasteiger partial charge in [-0.3, -0.25) is 4.90 Å². The minimum atomic E-state index is -4.21. The zero-order valence-electron chi connectivity index (χ0n) is 8.50. The van der Waals surface area contributed by atoms with Crippen LogP contribution in [0, 0.1) is 5.92 Å². The second kappa shape index (κ2) is 4.86. The van der Waals surface area contributed by atoms with Crippen LogP contribution >= 0.6 is 0 Å². The molecule has 1 aliphatic heterocycles. The molecule has 1 atom stereocenters. The summed E-state index contributed by atoms with van der Waals surface area (Å²) in [5.41, 5.74) is 0. The third-order valence-corrected chi connectivity index (χ3v) is 2.92. The van der Waals surface area contributed by atoms with E-state index in [0.29, 0.717) is 13.0 Å². The number of likely N-dealkylation sites (tertiary alicyclic amines) is 1. The lowest BCUT2D eigenvalue weighted by Gasteiger charge is -2.17. The number of halogens is 3. The number of nitrogens with one attached hydrogen (secondary N) is 1. The van der Waals surface area contributed by atoms with Crippen LogP contribution in [-0.4, -0.2) is 45.7 Å². The fraction of sp³-hybridized carbons (Fsp3) is 1.00. The second-order valence-corrected chi connectivity index (χ2v) is 5.28.